The Labute approximate surface area is 189 Å². The van der Waals surface area contributed by atoms with E-state index in [1.54, 1.807) is 25.7 Å². The maximum atomic E-state index is 11.3. The van der Waals surface area contributed by atoms with Crippen molar-refractivity contribution in [2.24, 2.45) is 0 Å². The van der Waals surface area contributed by atoms with Crippen molar-refractivity contribution in [1.29, 1.82) is 0 Å². The van der Waals surface area contributed by atoms with Gasteiger partial charge in [-0.3, -0.25) is 4.79 Å². The molecular weight excluding hydrogens is 430 g/mol. The van der Waals surface area contributed by atoms with Crippen LogP contribution in [-0.2, 0) is 11.2 Å². The summed E-state index contributed by atoms with van der Waals surface area (Å²) >= 11 is 6.57. The number of methoxy groups -OCH3 is 1. The molecule has 0 aliphatic heterocycles. The number of nitrogens with zero attached hydrogens (tertiary/aromatic N) is 4. The number of halogens is 1. The summed E-state index contributed by atoms with van der Waals surface area (Å²) in [5.74, 6) is 1.70. The number of pyridine rings is 1. The van der Waals surface area contributed by atoms with Gasteiger partial charge >= 0.3 is 0 Å². The fourth-order valence-electron chi connectivity index (χ4n) is 3.55. The number of carbonyl (C=O) groups is 1. The Hall–Kier alpha value is -3.72. The number of hydrogen-bond donors (Lipinski definition) is 3. The van der Waals surface area contributed by atoms with Gasteiger partial charge in [0.15, 0.2) is 11.5 Å². The van der Waals surface area contributed by atoms with E-state index in [1.807, 2.05) is 19.1 Å². The van der Waals surface area contributed by atoms with Crippen LogP contribution in [0, 0.1) is 6.92 Å². The average Bonchev–Trinajstić information content (AvgIpc) is 3.26. The van der Waals surface area contributed by atoms with E-state index < -0.39 is 0 Å². The number of anilines is 2. The molecule has 1 amide bonds. The first-order valence-corrected chi connectivity index (χ1v) is 10.3. The van der Waals surface area contributed by atoms with Crippen LogP contribution in [0.4, 0.5) is 11.6 Å². The molecule has 0 unspecified atom stereocenters. The van der Waals surface area contributed by atoms with Crippen molar-refractivity contribution in [2.75, 3.05) is 24.3 Å². The Balaban J connectivity index is 1.61. The fraction of sp³-hybridized carbons (Fsp3) is 0.227. The highest BCUT2D eigenvalue weighted by Gasteiger charge is 2.18. The maximum Gasteiger partial charge on any atom is 0.222 e. The van der Waals surface area contributed by atoms with Crippen LogP contribution in [0.5, 0.6) is 5.75 Å². The zero-order chi connectivity index (χ0) is 22.7. The number of H-pyrrole nitrogens is 1. The lowest BCUT2D eigenvalue weighted by atomic mass is 9.96. The number of fused-ring (bicyclic) bond motifs is 1. The van der Waals surface area contributed by atoms with E-state index in [1.165, 1.54) is 13.3 Å². The van der Waals surface area contributed by atoms with Crippen LogP contribution in [0.2, 0.25) is 5.02 Å². The molecule has 0 aliphatic rings. The number of aromatic nitrogens is 5. The van der Waals surface area contributed by atoms with Gasteiger partial charge in [-0.05, 0) is 42.7 Å². The average molecular weight is 452 g/mol. The van der Waals surface area contributed by atoms with E-state index in [2.05, 4.69) is 35.6 Å². The molecule has 0 saturated carbocycles. The zero-order valence-corrected chi connectivity index (χ0v) is 18.6. The second-order valence-corrected chi connectivity index (χ2v) is 7.57. The molecule has 0 aliphatic carbocycles. The second kappa shape index (κ2) is 9.19. The highest BCUT2D eigenvalue weighted by molar-refractivity contribution is 6.32. The van der Waals surface area contributed by atoms with Gasteiger partial charge in [0.1, 0.15) is 23.4 Å². The number of ether oxygens (including phenoxy) is 1. The third-order valence-corrected chi connectivity index (χ3v) is 5.41. The summed E-state index contributed by atoms with van der Waals surface area (Å²) in [6.45, 7) is 3.98. The Bertz CT molecular complexity index is 1270. The van der Waals surface area contributed by atoms with Crippen molar-refractivity contribution >= 4 is 40.3 Å². The van der Waals surface area contributed by atoms with E-state index in [9.17, 15) is 4.79 Å². The molecule has 0 spiro atoms. The molecule has 3 N–H and O–H groups in total. The summed E-state index contributed by atoms with van der Waals surface area (Å²) in [7, 11) is 1.64. The number of amides is 1. The Morgan fingerprint density at radius 1 is 1.22 bits per heavy atom. The summed E-state index contributed by atoms with van der Waals surface area (Å²) in [6, 6.07) is 5.56. The van der Waals surface area contributed by atoms with E-state index in [0.29, 0.717) is 40.8 Å². The smallest absolute Gasteiger partial charge is 0.222 e. The van der Waals surface area contributed by atoms with Gasteiger partial charge in [-0.15, -0.1) is 0 Å². The number of aromatic amines is 1. The molecule has 1 aromatic carbocycles. The molecule has 0 saturated heterocycles. The molecular formula is C22H22ClN7O2. The summed E-state index contributed by atoms with van der Waals surface area (Å²) < 4.78 is 5.80. The van der Waals surface area contributed by atoms with Gasteiger partial charge in [0.2, 0.25) is 5.91 Å². The maximum absolute atomic E-state index is 11.3. The van der Waals surface area contributed by atoms with Crippen LogP contribution < -0.4 is 15.4 Å². The SMILES string of the molecule is COc1c(CCNc2ncnc3[nH]cnc23)cc(Cl)c(C)c1-c1ccc(NC(C)=O)nc1. The summed E-state index contributed by atoms with van der Waals surface area (Å²) in [5.41, 5.74) is 4.92. The van der Waals surface area contributed by atoms with Gasteiger partial charge in [0.25, 0.3) is 0 Å². The molecule has 0 fully saturated rings. The minimum atomic E-state index is -0.174. The molecule has 0 radical (unpaired) electrons. The van der Waals surface area contributed by atoms with Crippen LogP contribution in [0.3, 0.4) is 0 Å². The third kappa shape index (κ3) is 4.33. The number of hydrogen-bond acceptors (Lipinski definition) is 7. The van der Waals surface area contributed by atoms with E-state index in [-0.39, 0.29) is 5.91 Å². The van der Waals surface area contributed by atoms with Crippen molar-refractivity contribution in [2.45, 2.75) is 20.3 Å². The number of rotatable bonds is 7. The monoisotopic (exact) mass is 451 g/mol. The Morgan fingerprint density at radius 3 is 2.78 bits per heavy atom. The molecule has 0 bridgehead atoms. The van der Waals surface area contributed by atoms with Crippen molar-refractivity contribution in [1.82, 2.24) is 24.9 Å². The van der Waals surface area contributed by atoms with Crippen LogP contribution in [0.15, 0.2) is 37.1 Å². The molecule has 4 aromatic rings. The molecule has 164 valence electrons. The highest BCUT2D eigenvalue weighted by atomic mass is 35.5. The van der Waals surface area contributed by atoms with Gasteiger partial charge in [-0.25, -0.2) is 19.9 Å². The molecule has 3 aromatic heterocycles. The van der Waals surface area contributed by atoms with Crippen molar-refractivity contribution in [3.8, 4) is 16.9 Å². The van der Waals surface area contributed by atoms with Gasteiger partial charge < -0.3 is 20.4 Å². The predicted octanol–water partition coefficient (Wildman–Crippen LogP) is 4.00. The first kappa shape index (κ1) is 21.5. The summed E-state index contributed by atoms with van der Waals surface area (Å²) in [4.78, 5) is 31.3. The number of imidazole rings is 1. The molecule has 4 rings (SSSR count). The quantitative estimate of drug-likeness (QED) is 0.388. The summed E-state index contributed by atoms with van der Waals surface area (Å²) in [5, 5.41) is 6.62. The lowest BCUT2D eigenvalue weighted by Crippen LogP contribution is -2.09. The normalized spacial score (nSPS) is 10.9. The van der Waals surface area contributed by atoms with Crippen LogP contribution in [0.1, 0.15) is 18.1 Å². The third-order valence-electron chi connectivity index (χ3n) is 5.02. The largest absolute Gasteiger partial charge is 0.496 e. The standard InChI is InChI=1S/C22H22ClN7O2/c1-12-16(23)8-14(6-7-24-21-19-22(27-10-26-19)29-11-28-21)20(32-3)18(12)15-4-5-17(25-9-15)30-13(2)31/h4-5,8-11H,6-7H2,1-3H3,(H,25,30,31)(H2,24,26,27,28,29). The number of carbonyl (C=O) groups excluding carboxylic acids is 1. The fourth-order valence-corrected chi connectivity index (χ4v) is 3.78. The molecule has 3 heterocycles. The lowest BCUT2D eigenvalue weighted by Gasteiger charge is -2.18. The van der Waals surface area contributed by atoms with E-state index in [0.717, 1.165) is 28.0 Å². The predicted molar refractivity (Wildman–Crippen MR) is 124 cm³/mol. The topological polar surface area (TPSA) is 118 Å². The minimum absolute atomic E-state index is 0.174. The zero-order valence-electron chi connectivity index (χ0n) is 17.9. The van der Waals surface area contributed by atoms with Crippen molar-refractivity contribution in [3.05, 3.63) is 53.2 Å². The Kier molecular flexibility index (Phi) is 6.18. The van der Waals surface area contributed by atoms with Gasteiger partial charge in [0, 0.05) is 35.8 Å². The van der Waals surface area contributed by atoms with Crippen LogP contribution >= 0.6 is 11.6 Å². The van der Waals surface area contributed by atoms with E-state index >= 15 is 0 Å². The van der Waals surface area contributed by atoms with Crippen molar-refractivity contribution < 1.29 is 9.53 Å². The Morgan fingerprint density at radius 2 is 2.06 bits per heavy atom. The number of nitrogens with one attached hydrogen (secondary N) is 3. The van der Waals surface area contributed by atoms with Gasteiger partial charge in [-0.2, -0.15) is 0 Å². The number of benzene rings is 1. The van der Waals surface area contributed by atoms with Gasteiger partial charge in [-0.1, -0.05) is 11.6 Å². The highest BCUT2D eigenvalue weighted by Crippen LogP contribution is 2.40. The first-order valence-electron chi connectivity index (χ1n) is 9.96. The molecule has 0 atom stereocenters. The van der Waals surface area contributed by atoms with Crippen molar-refractivity contribution in [3.63, 3.8) is 0 Å². The first-order chi connectivity index (χ1) is 15.5. The molecule has 10 heteroatoms. The van der Waals surface area contributed by atoms with Crippen LogP contribution in [0.25, 0.3) is 22.3 Å². The second-order valence-electron chi connectivity index (χ2n) is 7.16. The van der Waals surface area contributed by atoms with Gasteiger partial charge in [0.05, 0.1) is 13.4 Å². The lowest BCUT2D eigenvalue weighted by molar-refractivity contribution is -0.114. The van der Waals surface area contributed by atoms with Crippen LogP contribution in [-0.4, -0.2) is 44.5 Å². The molecule has 32 heavy (non-hydrogen) atoms. The summed E-state index contributed by atoms with van der Waals surface area (Å²) in [6.07, 6.45) is 5.42. The minimum Gasteiger partial charge on any atom is -0.496 e. The van der Waals surface area contributed by atoms with E-state index in [4.69, 9.17) is 16.3 Å². The molecule has 9 nitrogen and oxygen atoms in total.